The number of rotatable bonds is 5. The average molecular weight is 338 g/mol. The summed E-state index contributed by atoms with van der Waals surface area (Å²) in [6, 6.07) is 11.8. The molecule has 0 aliphatic rings. The van der Waals surface area contributed by atoms with E-state index in [4.69, 9.17) is 4.74 Å². The first-order valence-corrected chi connectivity index (χ1v) is 8.25. The molecule has 0 unspecified atom stereocenters. The third-order valence-electron chi connectivity index (χ3n) is 4.02. The van der Waals surface area contributed by atoms with E-state index in [9.17, 15) is 4.79 Å². The van der Waals surface area contributed by atoms with Gasteiger partial charge in [-0.15, -0.1) is 0 Å². The monoisotopic (exact) mass is 338 g/mol. The fourth-order valence-electron chi connectivity index (χ4n) is 2.59. The first-order valence-electron chi connectivity index (χ1n) is 8.25. The predicted molar refractivity (Wildman–Crippen MR) is 99.1 cm³/mol. The fraction of sp³-hybridized carbons (Fsp3) is 0.263. The smallest absolute Gasteiger partial charge is 0.413 e. The molecule has 130 valence electrons. The van der Waals surface area contributed by atoms with Crippen LogP contribution in [0.1, 0.15) is 18.2 Å². The van der Waals surface area contributed by atoms with Gasteiger partial charge in [-0.3, -0.25) is 4.90 Å². The number of carbonyl (C=O) groups is 1. The summed E-state index contributed by atoms with van der Waals surface area (Å²) >= 11 is 0. The first kappa shape index (κ1) is 16.8. The van der Waals surface area contributed by atoms with E-state index in [0.29, 0.717) is 13.2 Å². The van der Waals surface area contributed by atoms with Gasteiger partial charge >= 0.3 is 6.09 Å². The van der Waals surface area contributed by atoms with E-state index in [1.54, 1.807) is 14.0 Å². The summed E-state index contributed by atoms with van der Waals surface area (Å²) in [4.78, 5) is 17.7. The summed E-state index contributed by atoms with van der Waals surface area (Å²) in [5.74, 6) is 0. The van der Waals surface area contributed by atoms with E-state index in [2.05, 4.69) is 33.8 Å². The molecule has 0 bridgehead atoms. The summed E-state index contributed by atoms with van der Waals surface area (Å²) in [6.07, 6.45) is 3.56. The summed E-state index contributed by atoms with van der Waals surface area (Å²) in [5.41, 5.74) is 4.99. The van der Waals surface area contributed by atoms with Gasteiger partial charge < -0.3 is 14.5 Å². The number of nitrogens with zero attached hydrogens (tertiary/aromatic N) is 3. The van der Waals surface area contributed by atoms with E-state index in [1.807, 2.05) is 36.7 Å². The van der Waals surface area contributed by atoms with E-state index >= 15 is 0 Å². The van der Waals surface area contributed by atoms with E-state index < -0.39 is 0 Å². The lowest BCUT2D eigenvalue weighted by molar-refractivity contribution is 0.161. The van der Waals surface area contributed by atoms with Gasteiger partial charge in [0.05, 0.1) is 25.0 Å². The number of amides is 1. The van der Waals surface area contributed by atoms with Gasteiger partial charge in [-0.2, -0.15) is 0 Å². The number of pyridine rings is 1. The fourth-order valence-corrected chi connectivity index (χ4v) is 2.59. The number of carbonyl (C=O) groups excluding carboxylic acids is 1. The third-order valence-corrected chi connectivity index (χ3v) is 4.02. The molecule has 25 heavy (non-hydrogen) atoms. The van der Waals surface area contributed by atoms with Crippen molar-refractivity contribution in [2.75, 3.05) is 23.9 Å². The highest BCUT2D eigenvalue weighted by molar-refractivity contribution is 5.87. The van der Waals surface area contributed by atoms with Crippen LogP contribution in [0.4, 0.5) is 16.2 Å². The number of anilines is 2. The van der Waals surface area contributed by atoms with Gasteiger partial charge in [-0.25, -0.2) is 9.78 Å². The quantitative estimate of drug-likeness (QED) is 0.768. The van der Waals surface area contributed by atoms with Crippen molar-refractivity contribution < 1.29 is 9.53 Å². The molecule has 3 rings (SSSR count). The van der Waals surface area contributed by atoms with Crippen LogP contribution in [-0.2, 0) is 11.3 Å². The molecular weight excluding hydrogens is 316 g/mol. The second kappa shape index (κ2) is 7.25. The van der Waals surface area contributed by atoms with E-state index in [-0.39, 0.29) is 6.09 Å². The number of aromatic nitrogens is 2. The Morgan fingerprint density at radius 2 is 2.04 bits per heavy atom. The van der Waals surface area contributed by atoms with Gasteiger partial charge in [0.15, 0.2) is 0 Å². The van der Waals surface area contributed by atoms with Gasteiger partial charge in [0, 0.05) is 24.6 Å². The SMILES string of the molecule is CCOC(=O)N(C)c1ccc(NCc2cnc3cc(C)ccn23)cc1. The summed E-state index contributed by atoms with van der Waals surface area (Å²) in [7, 11) is 1.70. The zero-order valence-corrected chi connectivity index (χ0v) is 14.7. The molecule has 0 saturated heterocycles. The summed E-state index contributed by atoms with van der Waals surface area (Å²) in [5, 5.41) is 3.38. The minimum Gasteiger partial charge on any atom is -0.449 e. The Labute approximate surface area is 147 Å². The molecule has 0 fully saturated rings. The molecule has 2 aromatic heterocycles. The van der Waals surface area contributed by atoms with Crippen LogP contribution >= 0.6 is 0 Å². The molecule has 0 atom stereocenters. The van der Waals surface area contributed by atoms with Crippen LogP contribution in [0, 0.1) is 6.92 Å². The largest absolute Gasteiger partial charge is 0.449 e. The number of fused-ring (bicyclic) bond motifs is 1. The number of nitrogens with one attached hydrogen (secondary N) is 1. The molecule has 0 radical (unpaired) electrons. The third kappa shape index (κ3) is 3.74. The Morgan fingerprint density at radius 1 is 1.28 bits per heavy atom. The maximum absolute atomic E-state index is 11.7. The Bertz CT molecular complexity index is 871. The number of hydrogen-bond acceptors (Lipinski definition) is 4. The van der Waals surface area contributed by atoms with Gasteiger partial charge in [-0.05, 0) is 55.8 Å². The lowest BCUT2D eigenvalue weighted by Gasteiger charge is -2.17. The molecule has 2 heterocycles. The van der Waals surface area contributed by atoms with Crippen molar-refractivity contribution in [3.63, 3.8) is 0 Å². The maximum atomic E-state index is 11.7. The van der Waals surface area contributed by atoms with Crippen molar-refractivity contribution in [2.45, 2.75) is 20.4 Å². The minimum atomic E-state index is -0.357. The Kier molecular flexibility index (Phi) is 4.88. The highest BCUT2D eigenvalue weighted by atomic mass is 16.6. The molecule has 6 heteroatoms. The highest BCUT2D eigenvalue weighted by Gasteiger charge is 2.11. The van der Waals surface area contributed by atoms with Crippen molar-refractivity contribution >= 4 is 23.1 Å². The lowest BCUT2D eigenvalue weighted by atomic mass is 10.2. The van der Waals surface area contributed by atoms with Crippen molar-refractivity contribution in [1.82, 2.24) is 9.38 Å². The zero-order valence-electron chi connectivity index (χ0n) is 14.7. The van der Waals surface area contributed by atoms with Gasteiger partial charge in [-0.1, -0.05) is 0 Å². The number of imidazole rings is 1. The lowest BCUT2D eigenvalue weighted by Crippen LogP contribution is -2.26. The Hall–Kier alpha value is -3.02. The maximum Gasteiger partial charge on any atom is 0.413 e. The minimum absolute atomic E-state index is 0.357. The molecule has 0 saturated carbocycles. The van der Waals surface area contributed by atoms with Crippen LogP contribution in [0.25, 0.3) is 5.65 Å². The van der Waals surface area contributed by atoms with Crippen LogP contribution in [0.15, 0.2) is 48.8 Å². The van der Waals surface area contributed by atoms with Crippen LogP contribution < -0.4 is 10.2 Å². The van der Waals surface area contributed by atoms with Gasteiger partial charge in [0.25, 0.3) is 0 Å². The number of aryl methyl sites for hydroxylation is 1. The zero-order chi connectivity index (χ0) is 17.8. The Balaban J connectivity index is 1.66. The number of benzene rings is 1. The average Bonchev–Trinajstić information content (AvgIpc) is 3.02. The normalized spacial score (nSPS) is 10.7. The second-order valence-corrected chi connectivity index (χ2v) is 5.84. The number of ether oxygens (including phenoxy) is 1. The summed E-state index contributed by atoms with van der Waals surface area (Å²) < 4.78 is 7.07. The molecule has 0 aliphatic heterocycles. The number of hydrogen-bond donors (Lipinski definition) is 1. The van der Waals surface area contributed by atoms with Crippen molar-refractivity contribution in [3.8, 4) is 0 Å². The first-order chi connectivity index (χ1) is 12.1. The standard InChI is InChI=1S/C19H22N4O2/c1-4-25-19(24)22(3)16-7-5-15(6-8-16)20-12-17-13-21-18-11-14(2)9-10-23(17)18/h5-11,13,20H,4,12H2,1-3H3. The highest BCUT2D eigenvalue weighted by Crippen LogP contribution is 2.18. The summed E-state index contributed by atoms with van der Waals surface area (Å²) in [6.45, 7) is 4.88. The molecule has 0 spiro atoms. The van der Waals surface area contributed by atoms with Gasteiger partial charge in [0.2, 0.25) is 0 Å². The Morgan fingerprint density at radius 3 is 2.76 bits per heavy atom. The van der Waals surface area contributed by atoms with Crippen molar-refractivity contribution in [3.05, 3.63) is 60.0 Å². The van der Waals surface area contributed by atoms with E-state index in [1.165, 1.54) is 10.5 Å². The predicted octanol–water partition coefficient (Wildman–Crippen LogP) is 3.85. The van der Waals surface area contributed by atoms with Crippen molar-refractivity contribution in [2.24, 2.45) is 0 Å². The van der Waals surface area contributed by atoms with Crippen LogP contribution in [0.2, 0.25) is 0 Å². The van der Waals surface area contributed by atoms with Crippen LogP contribution in [-0.4, -0.2) is 29.1 Å². The molecule has 0 aliphatic carbocycles. The topological polar surface area (TPSA) is 58.9 Å². The van der Waals surface area contributed by atoms with Gasteiger partial charge in [0.1, 0.15) is 5.65 Å². The molecular formula is C19H22N4O2. The molecule has 1 amide bonds. The van der Waals surface area contributed by atoms with Crippen LogP contribution in [0.3, 0.4) is 0 Å². The molecule has 3 aromatic rings. The molecule has 6 nitrogen and oxygen atoms in total. The van der Waals surface area contributed by atoms with Crippen LogP contribution in [0.5, 0.6) is 0 Å². The van der Waals surface area contributed by atoms with E-state index in [0.717, 1.165) is 22.7 Å². The molecule has 1 N–H and O–H groups in total. The van der Waals surface area contributed by atoms with Crippen molar-refractivity contribution in [1.29, 1.82) is 0 Å². The molecule has 1 aromatic carbocycles. The second-order valence-electron chi connectivity index (χ2n) is 5.84.